The van der Waals surface area contributed by atoms with Gasteiger partial charge in [0.2, 0.25) is 0 Å². The molecule has 2 aliphatic heterocycles. The minimum atomic E-state index is -1.33. The zero-order valence-corrected chi connectivity index (χ0v) is 13.8. The van der Waals surface area contributed by atoms with Crippen LogP contribution in [0.25, 0.3) is 0 Å². The first-order valence-electron chi connectivity index (χ1n) is 7.61. The first-order chi connectivity index (χ1) is 8.87. The second-order valence-electron chi connectivity index (χ2n) is 7.27. The van der Waals surface area contributed by atoms with Gasteiger partial charge < -0.3 is 4.90 Å². The fourth-order valence-corrected chi connectivity index (χ4v) is 4.04. The summed E-state index contributed by atoms with van der Waals surface area (Å²) in [6.45, 7) is 6.68. The van der Waals surface area contributed by atoms with Crippen LogP contribution in [-0.2, 0) is 4.79 Å². The van der Waals surface area contributed by atoms with Gasteiger partial charge in [0.1, 0.15) is 13.9 Å². The van der Waals surface area contributed by atoms with Gasteiger partial charge in [-0.25, -0.2) is 0 Å². The molecule has 2 fully saturated rings. The lowest BCUT2D eigenvalue weighted by molar-refractivity contribution is -0.125. The highest BCUT2D eigenvalue weighted by atomic mass is 28.3. The topological polar surface area (TPSA) is 20.3 Å². The molecule has 2 heterocycles. The van der Waals surface area contributed by atoms with Gasteiger partial charge in [0.15, 0.2) is 0 Å². The molecule has 2 saturated heterocycles. The lowest BCUT2D eigenvalue weighted by Gasteiger charge is -2.46. The second-order valence-corrected chi connectivity index (χ2v) is 12.0. The van der Waals surface area contributed by atoms with Crippen molar-refractivity contribution in [1.82, 2.24) is 4.90 Å². The van der Waals surface area contributed by atoms with Crippen LogP contribution in [0.1, 0.15) is 38.5 Å². The Bertz CT molecular complexity index is 387. The number of piperidine rings is 2. The molecule has 0 aromatic carbocycles. The smallest absolute Gasteiger partial charge is 0.147 e. The third-order valence-electron chi connectivity index (χ3n) is 4.52. The number of hydrogen-bond donors (Lipinski definition) is 0. The first-order valence-corrected chi connectivity index (χ1v) is 11.1. The molecule has 2 unspecified atom stereocenters. The van der Waals surface area contributed by atoms with Crippen LogP contribution in [0.4, 0.5) is 0 Å². The molecule has 0 radical (unpaired) electrons. The number of Topliss-reactive ketones (excluding diaryl/α,β-unsaturated/α-hetero) is 1. The predicted molar refractivity (Wildman–Crippen MR) is 82.7 cm³/mol. The molecule has 2 bridgehead atoms. The van der Waals surface area contributed by atoms with Gasteiger partial charge in [-0.3, -0.25) is 4.79 Å². The van der Waals surface area contributed by atoms with Crippen molar-refractivity contribution in [1.29, 1.82) is 0 Å². The van der Waals surface area contributed by atoms with E-state index in [1.807, 2.05) is 0 Å². The number of carbonyl (C=O) groups is 1. The van der Waals surface area contributed by atoms with Crippen LogP contribution in [0.5, 0.6) is 0 Å². The lowest BCUT2D eigenvalue weighted by Crippen LogP contribution is -2.50. The molecule has 0 N–H and O–H groups in total. The fraction of sp³-hybridized carbons (Fsp3) is 0.812. The van der Waals surface area contributed by atoms with Crippen LogP contribution < -0.4 is 0 Å². The van der Waals surface area contributed by atoms with Gasteiger partial charge in [-0.05, 0) is 32.7 Å². The summed E-state index contributed by atoms with van der Waals surface area (Å²) in [6.07, 6.45) is 6.52. The summed E-state index contributed by atoms with van der Waals surface area (Å²) in [5, 5.41) is 0. The maximum absolute atomic E-state index is 12.3. The van der Waals surface area contributed by atoms with E-state index in [0.717, 1.165) is 12.8 Å². The highest BCUT2D eigenvalue weighted by Crippen LogP contribution is 2.36. The summed E-state index contributed by atoms with van der Waals surface area (Å²) >= 11 is 0. The van der Waals surface area contributed by atoms with E-state index in [4.69, 9.17) is 0 Å². The SMILES string of the molecule is CN1C2CCCC1CC(C(=O)CC#C[Si](C)(C)C)C2. The van der Waals surface area contributed by atoms with Crippen LogP contribution in [0, 0.1) is 17.4 Å². The van der Waals surface area contributed by atoms with Crippen molar-refractivity contribution in [3.05, 3.63) is 0 Å². The molecule has 2 aliphatic rings. The number of carbonyl (C=O) groups excluding carboxylic acids is 1. The Balaban J connectivity index is 1.92. The Morgan fingerprint density at radius 2 is 1.79 bits per heavy atom. The Kier molecular flexibility index (Phi) is 4.53. The highest BCUT2D eigenvalue weighted by Gasteiger charge is 2.38. The second kappa shape index (κ2) is 5.81. The Morgan fingerprint density at radius 3 is 2.32 bits per heavy atom. The van der Waals surface area contributed by atoms with E-state index in [1.54, 1.807) is 0 Å². The molecule has 2 atom stereocenters. The molecule has 19 heavy (non-hydrogen) atoms. The summed E-state index contributed by atoms with van der Waals surface area (Å²) in [5.41, 5.74) is 3.31. The van der Waals surface area contributed by atoms with Crippen molar-refractivity contribution >= 4 is 13.9 Å². The monoisotopic (exact) mass is 277 g/mol. The Hall–Kier alpha value is -0.593. The van der Waals surface area contributed by atoms with Gasteiger partial charge in [0.05, 0.1) is 6.42 Å². The summed E-state index contributed by atoms with van der Waals surface area (Å²) in [5.74, 6) is 3.83. The van der Waals surface area contributed by atoms with Gasteiger partial charge in [-0.2, -0.15) is 0 Å². The molecule has 0 aromatic heterocycles. The molecule has 106 valence electrons. The van der Waals surface area contributed by atoms with Gasteiger partial charge in [-0.15, -0.1) is 11.5 Å². The zero-order chi connectivity index (χ0) is 14.0. The summed E-state index contributed by atoms with van der Waals surface area (Å²) in [4.78, 5) is 14.8. The molecular weight excluding hydrogens is 250 g/mol. The number of ketones is 1. The van der Waals surface area contributed by atoms with E-state index in [9.17, 15) is 4.79 Å². The zero-order valence-electron chi connectivity index (χ0n) is 12.8. The highest BCUT2D eigenvalue weighted by molar-refractivity contribution is 6.83. The average molecular weight is 277 g/mol. The molecule has 0 spiro atoms. The van der Waals surface area contributed by atoms with E-state index in [2.05, 4.69) is 43.1 Å². The molecule has 0 amide bonds. The van der Waals surface area contributed by atoms with E-state index in [-0.39, 0.29) is 5.92 Å². The quantitative estimate of drug-likeness (QED) is 0.571. The number of hydrogen-bond acceptors (Lipinski definition) is 2. The Labute approximate surface area is 119 Å². The first kappa shape index (κ1) is 14.8. The molecule has 0 aliphatic carbocycles. The average Bonchev–Trinajstić information content (AvgIpc) is 2.26. The van der Waals surface area contributed by atoms with Crippen LogP contribution in [0.3, 0.4) is 0 Å². The van der Waals surface area contributed by atoms with Crippen molar-refractivity contribution < 1.29 is 4.79 Å². The van der Waals surface area contributed by atoms with Crippen molar-refractivity contribution in [3.63, 3.8) is 0 Å². The minimum absolute atomic E-state index is 0.280. The number of fused-ring (bicyclic) bond motifs is 2. The van der Waals surface area contributed by atoms with E-state index in [0.29, 0.717) is 24.3 Å². The molecular formula is C16H27NOSi. The van der Waals surface area contributed by atoms with Gasteiger partial charge in [-0.1, -0.05) is 26.1 Å². The third-order valence-corrected chi connectivity index (χ3v) is 5.45. The molecule has 0 saturated carbocycles. The molecule has 2 rings (SSSR count). The van der Waals surface area contributed by atoms with Crippen LogP contribution in [0.2, 0.25) is 19.6 Å². The van der Waals surface area contributed by atoms with Crippen molar-refractivity contribution in [3.8, 4) is 11.5 Å². The van der Waals surface area contributed by atoms with Crippen LogP contribution >= 0.6 is 0 Å². The number of nitrogens with zero attached hydrogens (tertiary/aromatic N) is 1. The van der Waals surface area contributed by atoms with Crippen LogP contribution in [0.15, 0.2) is 0 Å². The molecule has 0 aromatic rings. The van der Waals surface area contributed by atoms with E-state index < -0.39 is 8.07 Å². The van der Waals surface area contributed by atoms with Crippen LogP contribution in [-0.4, -0.2) is 37.9 Å². The summed E-state index contributed by atoms with van der Waals surface area (Å²) in [6, 6.07) is 1.29. The number of rotatable bonds is 2. The lowest BCUT2D eigenvalue weighted by atomic mass is 9.76. The maximum atomic E-state index is 12.3. The maximum Gasteiger partial charge on any atom is 0.147 e. The Morgan fingerprint density at radius 1 is 1.21 bits per heavy atom. The van der Waals surface area contributed by atoms with Crippen molar-refractivity contribution in [2.24, 2.45) is 5.92 Å². The summed E-state index contributed by atoms with van der Waals surface area (Å²) in [7, 11) is 0.907. The normalized spacial score (nSPS) is 31.5. The van der Waals surface area contributed by atoms with Crippen molar-refractivity contribution in [2.45, 2.75) is 70.2 Å². The predicted octanol–water partition coefficient (Wildman–Crippen LogP) is 3.09. The summed E-state index contributed by atoms with van der Waals surface area (Å²) < 4.78 is 0. The molecule has 2 nitrogen and oxygen atoms in total. The van der Waals surface area contributed by atoms with E-state index in [1.165, 1.54) is 19.3 Å². The van der Waals surface area contributed by atoms with Gasteiger partial charge in [0, 0.05) is 18.0 Å². The molecule has 3 heteroatoms. The fourth-order valence-electron chi connectivity index (χ4n) is 3.42. The standard InChI is InChI=1S/C16H27NOSi/c1-17-14-7-5-8-15(17)12-13(11-14)16(18)9-6-10-19(2,3)4/h13-15H,5,7-9,11-12H2,1-4H3. The van der Waals surface area contributed by atoms with Crippen molar-refractivity contribution in [2.75, 3.05) is 7.05 Å². The van der Waals surface area contributed by atoms with Gasteiger partial charge in [0.25, 0.3) is 0 Å². The largest absolute Gasteiger partial charge is 0.300 e. The van der Waals surface area contributed by atoms with Gasteiger partial charge >= 0.3 is 0 Å². The third kappa shape index (κ3) is 3.93. The minimum Gasteiger partial charge on any atom is -0.300 e. The van der Waals surface area contributed by atoms with E-state index >= 15 is 0 Å².